The van der Waals surface area contributed by atoms with Crippen molar-refractivity contribution >= 4 is 33.5 Å². The molecule has 0 spiro atoms. The highest BCUT2D eigenvalue weighted by Gasteiger charge is 2.15. The molecule has 1 saturated heterocycles. The van der Waals surface area contributed by atoms with Crippen molar-refractivity contribution in [3.05, 3.63) is 40.9 Å². The number of hydrogen-bond acceptors (Lipinski definition) is 5. The van der Waals surface area contributed by atoms with E-state index in [1.807, 2.05) is 0 Å². The Labute approximate surface area is 130 Å². The smallest absolute Gasteiger partial charge is 0.258 e. The van der Waals surface area contributed by atoms with E-state index >= 15 is 0 Å². The minimum Gasteiger partial charge on any atom is -0.356 e. The number of carbonyl (C=O) groups is 1. The van der Waals surface area contributed by atoms with Gasteiger partial charge in [-0.1, -0.05) is 0 Å². The molecule has 1 amide bonds. The number of nitrogens with zero attached hydrogens (tertiary/aromatic N) is 4. The Balaban J connectivity index is 1.75. The lowest BCUT2D eigenvalue weighted by molar-refractivity contribution is 0.102. The van der Waals surface area contributed by atoms with Gasteiger partial charge in [-0.05, 0) is 34.8 Å². The van der Waals surface area contributed by atoms with Crippen LogP contribution >= 0.6 is 15.9 Å². The van der Waals surface area contributed by atoms with Crippen molar-refractivity contribution in [1.82, 2.24) is 15.0 Å². The van der Waals surface area contributed by atoms with Crippen LogP contribution in [0.4, 0.5) is 11.6 Å². The first-order valence-electron chi connectivity index (χ1n) is 6.71. The molecule has 0 atom stereocenters. The lowest BCUT2D eigenvalue weighted by Gasteiger charge is -2.16. The largest absolute Gasteiger partial charge is 0.356 e. The van der Waals surface area contributed by atoms with Gasteiger partial charge in [0.15, 0.2) is 0 Å². The molecule has 0 unspecified atom stereocenters. The van der Waals surface area contributed by atoms with Crippen LogP contribution in [0.15, 0.2) is 35.3 Å². The zero-order chi connectivity index (χ0) is 14.7. The second-order valence-electron chi connectivity index (χ2n) is 4.80. The zero-order valence-corrected chi connectivity index (χ0v) is 12.9. The van der Waals surface area contributed by atoms with E-state index in [-0.39, 0.29) is 5.91 Å². The van der Waals surface area contributed by atoms with Crippen molar-refractivity contribution in [2.45, 2.75) is 12.8 Å². The van der Waals surface area contributed by atoms with Crippen molar-refractivity contribution in [2.24, 2.45) is 0 Å². The second-order valence-corrected chi connectivity index (χ2v) is 5.72. The molecule has 1 aliphatic rings. The van der Waals surface area contributed by atoms with E-state index in [4.69, 9.17) is 0 Å². The fourth-order valence-electron chi connectivity index (χ4n) is 2.26. The minimum absolute atomic E-state index is 0.241. The summed E-state index contributed by atoms with van der Waals surface area (Å²) >= 11 is 3.30. The van der Waals surface area contributed by atoms with E-state index in [1.165, 1.54) is 25.4 Å². The van der Waals surface area contributed by atoms with Gasteiger partial charge in [0.2, 0.25) is 0 Å². The Kier molecular flexibility index (Phi) is 4.10. The minimum atomic E-state index is -0.241. The van der Waals surface area contributed by atoms with Crippen molar-refractivity contribution < 1.29 is 4.79 Å². The van der Waals surface area contributed by atoms with Gasteiger partial charge < -0.3 is 10.2 Å². The highest BCUT2D eigenvalue weighted by atomic mass is 79.9. The number of rotatable bonds is 3. The van der Waals surface area contributed by atoms with Gasteiger partial charge in [0.05, 0.1) is 5.56 Å². The Morgan fingerprint density at radius 2 is 2.00 bits per heavy atom. The van der Waals surface area contributed by atoms with Gasteiger partial charge >= 0.3 is 0 Å². The summed E-state index contributed by atoms with van der Waals surface area (Å²) in [4.78, 5) is 26.7. The molecule has 7 heteroatoms. The van der Waals surface area contributed by atoms with Crippen LogP contribution in [0.2, 0.25) is 0 Å². The fourth-order valence-corrected chi connectivity index (χ4v) is 2.62. The fraction of sp³-hybridized carbons (Fsp3) is 0.286. The summed E-state index contributed by atoms with van der Waals surface area (Å²) in [5.41, 5.74) is 0.478. The highest BCUT2D eigenvalue weighted by molar-refractivity contribution is 9.10. The summed E-state index contributed by atoms with van der Waals surface area (Å²) in [7, 11) is 0. The number of aromatic nitrogens is 3. The first kappa shape index (κ1) is 13.9. The van der Waals surface area contributed by atoms with E-state index < -0.39 is 0 Å². The molecule has 0 aromatic carbocycles. The number of anilines is 2. The third-order valence-corrected chi connectivity index (χ3v) is 3.73. The zero-order valence-electron chi connectivity index (χ0n) is 11.3. The van der Waals surface area contributed by atoms with Crippen molar-refractivity contribution in [3.63, 3.8) is 0 Å². The second kappa shape index (κ2) is 6.17. The van der Waals surface area contributed by atoms with Crippen molar-refractivity contribution in [2.75, 3.05) is 23.3 Å². The van der Waals surface area contributed by atoms with Gasteiger partial charge in [-0.25, -0.2) is 9.97 Å². The van der Waals surface area contributed by atoms with Crippen molar-refractivity contribution in [3.8, 4) is 0 Å². The monoisotopic (exact) mass is 347 g/mol. The molecule has 3 heterocycles. The molecule has 21 heavy (non-hydrogen) atoms. The van der Waals surface area contributed by atoms with Crippen LogP contribution in [-0.2, 0) is 0 Å². The van der Waals surface area contributed by atoms with Crippen LogP contribution in [0.5, 0.6) is 0 Å². The molecule has 2 aromatic rings. The van der Waals surface area contributed by atoms with Crippen LogP contribution < -0.4 is 10.2 Å². The maximum absolute atomic E-state index is 12.2. The summed E-state index contributed by atoms with van der Waals surface area (Å²) in [5, 5.41) is 2.77. The van der Waals surface area contributed by atoms with E-state index in [0.29, 0.717) is 11.4 Å². The van der Waals surface area contributed by atoms with Crippen LogP contribution in [0.3, 0.4) is 0 Å². The van der Waals surface area contributed by atoms with E-state index in [1.54, 1.807) is 18.3 Å². The Morgan fingerprint density at radius 3 is 2.76 bits per heavy atom. The van der Waals surface area contributed by atoms with Crippen LogP contribution in [0.25, 0.3) is 0 Å². The number of pyridine rings is 1. The average molecular weight is 348 g/mol. The predicted molar refractivity (Wildman–Crippen MR) is 83.4 cm³/mol. The number of hydrogen-bond donors (Lipinski definition) is 1. The lowest BCUT2D eigenvalue weighted by Crippen LogP contribution is -2.20. The van der Waals surface area contributed by atoms with E-state index in [0.717, 1.165) is 23.4 Å². The number of amides is 1. The van der Waals surface area contributed by atoms with Gasteiger partial charge in [-0.3, -0.25) is 9.78 Å². The molecule has 3 rings (SSSR count). The van der Waals surface area contributed by atoms with E-state index in [9.17, 15) is 4.79 Å². The molecule has 108 valence electrons. The quantitative estimate of drug-likeness (QED) is 0.923. The molecule has 2 aromatic heterocycles. The molecular weight excluding hydrogens is 334 g/mol. The maximum Gasteiger partial charge on any atom is 0.258 e. The summed E-state index contributed by atoms with van der Waals surface area (Å²) in [6, 6.07) is 3.51. The summed E-state index contributed by atoms with van der Waals surface area (Å²) in [6.07, 6.45) is 6.98. The molecule has 0 aliphatic carbocycles. The highest BCUT2D eigenvalue weighted by Crippen LogP contribution is 2.19. The number of halogens is 1. The normalized spacial score (nSPS) is 14.2. The summed E-state index contributed by atoms with van der Waals surface area (Å²) in [6.45, 7) is 2.00. The van der Waals surface area contributed by atoms with Crippen LogP contribution in [-0.4, -0.2) is 33.9 Å². The predicted octanol–water partition coefficient (Wildman–Crippen LogP) is 2.49. The third kappa shape index (κ3) is 3.36. The van der Waals surface area contributed by atoms with Gasteiger partial charge in [-0.15, -0.1) is 0 Å². The molecular formula is C14H14BrN5O. The molecule has 0 bridgehead atoms. The molecule has 0 saturated carbocycles. The lowest BCUT2D eigenvalue weighted by atomic mass is 10.3. The SMILES string of the molecule is O=C(Nc1cc(N2CCCC2)ncn1)c1cncc(Br)c1. The Hall–Kier alpha value is -2.02. The molecule has 1 aliphatic heterocycles. The first-order chi connectivity index (χ1) is 10.2. The van der Waals surface area contributed by atoms with Gasteiger partial charge in [0.25, 0.3) is 5.91 Å². The van der Waals surface area contributed by atoms with Gasteiger partial charge in [0.1, 0.15) is 18.0 Å². The standard InChI is InChI=1S/C14H14BrN5O/c15-11-5-10(7-16-8-11)14(21)19-12-6-13(18-9-17-12)20-3-1-2-4-20/h5-9H,1-4H2,(H,17,18,19,21). The molecule has 1 fully saturated rings. The molecule has 1 N–H and O–H groups in total. The Bertz CT molecular complexity index is 657. The summed E-state index contributed by atoms with van der Waals surface area (Å²) in [5.74, 6) is 1.11. The van der Waals surface area contributed by atoms with Crippen LogP contribution in [0.1, 0.15) is 23.2 Å². The summed E-state index contributed by atoms with van der Waals surface area (Å²) < 4.78 is 0.760. The topological polar surface area (TPSA) is 71.0 Å². The maximum atomic E-state index is 12.2. The first-order valence-corrected chi connectivity index (χ1v) is 7.50. The van der Waals surface area contributed by atoms with Gasteiger partial charge in [0, 0.05) is 36.0 Å². The third-order valence-electron chi connectivity index (χ3n) is 3.29. The number of carbonyl (C=O) groups excluding carboxylic acids is 1. The van der Waals surface area contributed by atoms with Gasteiger partial charge in [-0.2, -0.15) is 0 Å². The van der Waals surface area contributed by atoms with Crippen LogP contribution in [0, 0.1) is 0 Å². The Morgan fingerprint density at radius 1 is 1.19 bits per heavy atom. The van der Waals surface area contributed by atoms with E-state index in [2.05, 4.69) is 41.1 Å². The number of nitrogens with one attached hydrogen (secondary N) is 1. The molecule has 6 nitrogen and oxygen atoms in total. The average Bonchev–Trinajstić information content (AvgIpc) is 3.02. The molecule has 0 radical (unpaired) electrons. The van der Waals surface area contributed by atoms with Crippen molar-refractivity contribution in [1.29, 1.82) is 0 Å².